The molecule has 2 N–H and O–H groups in total. The third-order valence-corrected chi connectivity index (χ3v) is 5.73. The lowest BCUT2D eigenvalue weighted by atomic mass is 9.78. The monoisotopic (exact) mass is 473 g/mol. The molecule has 2 aliphatic carbocycles. The van der Waals surface area contributed by atoms with Crippen molar-refractivity contribution in [3.05, 3.63) is 24.2 Å². The molecule has 0 aromatic carbocycles. The van der Waals surface area contributed by atoms with Gasteiger partial charge >= 0.3 is 0 Å². The third kappa shape index (κ3) is 5.62. The van der Waals surface area contributed by atoms with Crippen molar-refractivity contribution in [2.75, 3.05) is 13.2 Å². The lowest BCUT2D eigenvalue weighted by Gasteiger charge is -2.44. The lowest BCUT2D eigenvalue weighted by Crippen LogP contribution is -2.52. The average molecular weight is 473 g/mol. The van der Waals surface area contributed by atoms with Crippen LogP contribution in [0.3, 0.4) is 0 Å². The summed E-state index contributed by atoms with van der Waals surface area (Å²) in [4.78, 5) is 4.80. The van der Waals surface area contributed by atoms with E-state index in [-0.39, 0.29) is 29.6 Å². The fourth-order valence-electron chi connectivity index (χ4n) is 4.18. The standard InChI is InChI=1S/C20H31N3O2.HI/c1-2-10-20(11-3-1)15-17(9-14-25-20)23-19(22-16-6-7-16)21-12-8-18-5-4-13-24-18;/h4-5,13,16-17H,1-3,6-12,14-15H2,(H2,21,22,23);1H. The molecule has 6 heteroatoms. The maximum Gasteiger partial charge on any atom is 0.191 e. The van der Waals surface area contributed by atoms with Crippen molar-refractivity contribution in [3.8, 4) is 0 Å². The summed E-state index contributed by atoms with van der Waals surface area (Å²) in [6, 6.07) is 5.04. The third-order valence-electron chi connectivity index (χ3n) is 5.73. The van der Waals surface area contributed by atoms with Crippen LogP contribution in [0.1, 0.15) is 63.5 Å². The molecule has 1 aliphatic heterocycles. The van der Waals surface area contributed by atoms with Gasteiger partial charge in [0.15, 0.2) is 5.96 Å². The number of guanidine groups is 1. The van der Waals surface area contributed by atoms with Gasteiger partial charge in [-0.3, -0.25) is 4.99 Å². The highest BCUT2D eigenvalue weighted by Gasteiger charge is 2.38. The number of furan rings is 1. The minimum absolute atomic E-state index is 0. The number of hydrogen-bond acceptors (Lipinski definition) is 3. The zero-order valence-electron chi connectivity index (χ0n) is 15.5. The van der Waals surface area contributed by atoms with Crippen LogP contribution < -0.4 is 10.6 Å². The molecule has 146 valence electrons. The van der Waals surface area contributed by atoms with Gasteiger partial charge in [0.1, 0.15) is 5.76 Å². The Morgan fingerprint density at radius 1 is 1.12 bits per heavy atom. The number of ether oxygens (including phenoxy) is 1. The van der Waals surface area contributed by atoms with Gasteiger partial charge in [0, 0.05) is 31.7 Å². The normalized spacial score (nSPS) is 25.5. The Kier molecular flexibility index (Phi) is 7.26. The zero-order chi connectivity index (χ0) is 17.0. The second kappa shape index (κ2) is 9.44. The first-order valence-electron chi connectivity index (χ1n) is 10.1. The highest BCUT2D eigenvalue weighted by atomic mass is 127. The van der Waals surface area contributed by atoms with Crippen LogP contribution in [0.5, 0.6) is 0 Å². The quantitative estimate of drug-likeness (QED) is 0.386. The van der Waals surface area contributed by atoms with E-state index in [4.69, 9.17) is 14.1 Å². The fraction of sp³-hybridized carbons (Fsp3) is 0.750. The van der Waals surface area contributed by atoms with Gasteiger partial charge in [-0.1, -0.05) is 19.3 Å². The molecule has 26 heavy (non-hydrogen) atoms. The Balaban J connectivity index is 0.00000196. The highest BCUT2D eigenvalue weighted by molar-refractivity contribution is 14.0. The topological polar surface area (TPSA) is 58.8 Å². The van der Waals surface area contributed by atoms with Gasteiger partial charge in [-0.15, -0.1) is 24.0 Å². The Morgan fingerprint density at radius 3 is 2.65 bits per heavy atom. The molecule has 0 amide bonds. The summed E-state index contributed by atoms with van der Waals surface area (Å²) in [5.74, 6) is 1.98. The van der Waals surface area contributed by atoms with Crippen LogP contribution in [0.2, 0.25) is 0 Å². The van der Waals surface area contributed by atoms with E-state index in [1.54, 1.807) is 6.26 Å². The van der Waals surface area contributed by atoms with E-state index in [2.05, 4.69) is 10.6 Å². The molecule has 3 aliphatic rings. The van der Waals surface area contributed by atoms with Gasteiger partial charge in [-0.2, -0.15) is 0 Å². The minimum Gasteiger partial charge on any atom is -0.469 e. The van der Waals surface area contributed by atoms with Gasteiger partial charge < -0.3 is 19.8 Å². The minimum atomic E-state index is 0. The summed E-state index contributed by atoms with van der Waals surface area (Å²) in [5.41, 5.74) is 0.132. The maximum atomic E-state index is 6.23. The van der Waals surface area contributed by atoms with E-state index in [0.29, 0.717) is 12.1 Å². The summed E-state index contributed by atoms with van der Waals surface area (Å²) >= 11 is 0. The van der Waals surface area contributed by atoms with Crippen molar-refractivity contribution in [1.29, 1.82) is 0 Å². The van der Waals surface area contributed by atoms with Gasteiger partial charge in [-0.05, 0) is 50.7 Å². The molecule has 2 heterocycles. The Morgan fingerprint density at radius 2 is 1.92 bits per heavy atom. The van der Waals surface area contributed by atoms with Crippen LogP contribution in [-0.4, -0.2) is 36.8 Å². The number of aliphatic imine (C=N–C) groups is 1. The molecule has 3 fully saturated rings. The largest absolute Gasteiger partial charge is 0.469 e. The van der Waals surface area contributed by atoms with Gasteiger partial charge in [0.25, 0.3) is 0 Å². The van der Waals surface area contributed by atoms with Crippen LogP contribution in [0.4, 0.5) is 0 Å². The first-order valence-corrected chi connectivity index (χ1v) is 10.1. The van der Waals surface area contributed by atoms with Crippen LogP contribution in [-0.2, 0) is 11.2 Å². The number of halogens is 1. The summed E-state index contributed by atoms with van der Waals surface area (Å²) in [6.45, 7) is 1.63. The lowest BCUT2D eigenvalue weighted by molar-refractivity contribution is -0.107. The molecule has 0 bridgehead atoms. The molecule has 1 saturated heterocycles. The van der Waals surface area contributed by atoms with Gasteiger partial charge in [0.2, 0.25) is 0 Å². The van der Waals surface area contributed by atoms with Gasteiger partial charge in [0.05, 0.1) is 11.9 Å². The van der Waals surface area contributed by atoms with Crippen LogP contribution >= 0.6 is 24.0 Å². The van der Waals surface area contributed by atoms with Crippen molar-refractivity contribution in [1.82, 2.24) is 10.6 Å². The molecule has 1 spiro atoms. The highest BCUT2D eigenvalue weighted by Crippen LogP contribution is 2.38. The maximum absolute atomic E-state index is 6.23. The molecular weight excluding hydrogens is 441 g/mol. The number of nitrogens with one attached hydrogen (secondary N) is 2. The Labute approximate surface area is 173 Å². The molecule has 4 rings (SSSR count). The Hall–Kier alpha value is -0.760. The number of hydrogen-bond donors (Lipinski definition) is 2. The first kappa shape index (κ1) is 20.0. The smallest absolute Gasteiger partial charge is 0.191 e. The zero-order valence-corrected chi connectivity index (χ0v) is 17.9. The van der Waals surface area contributed by atoms with E-state index in [1.807, 2.05) is 12.1 Å². The molecule has 2 saturated carbocycles. The second-order valence-corrected chi connectivity index (χ2v) is 7.90. The van der Waals surface area contributed by atoms with E-state index < -0.39 is 0 Å². The summed E-state index contributed by atoms with van der Waals surface area (Å²) in [6.07, 6.45) is 13.8. The average Bonchev–Trinajstić information content (AvgIpc) is 3.27. The van der Waals surface area contributed by atoms with Crippen molar-refractivity contribution in [3.63, 3.8) is 0 Å². The van der Waals surface area contributed by atoms with Crippen molar-refractivity contribution in [2.45, 2.75) is 81.9 Å². The molecular formula is C20H32IN3O2. The van der Waals surface area contributed by atoms with Crippen molar-refractivity contribution < 1.29 is 9.15 Å². The predicted octanol–water partition coefficient (Wildman–Crippen LogP) is 4.02. The molecule has 1 aromatic rings. The molecule has 1 atom stereocenters. The van der Waals surface area contributed by atoms with Crippen LogP contribution in [0.15, 0.2) is 27.8 Å². The molecule has 0 radical (unpaired) electrons. The van der Waals surface area contributed by atoms with Crippen LogP contribution in [0.25, 0.3) is 0 Å². The van der Waals surface area contributed by atoms with Gasteiger partial charge in [-0.25, -0.2) is 0 Å². The van der Waals surface area contributed by atoms with E-state index in [1.165, 1.54) is 44.9 Å². The van der Waals surface area contributed by atoms with E-state index in [0.717, 1.165) is 44.1 Å². The second-order valence-electron chi connectivity index (χ2n) is 7.90. The fourth-order valence-corrected chi connectivity index (χ4v) is 4.18. The van der Waals surface area contributed by atoms with Crippen LogP contribution in [0, 0.1) is 0 Å². The van der Waals surface area contributed by atoms with E-state index >= 15 is 0 Å². The SMILES string of the molecule is I.c1coc(CCN=C(NC2CC2)NC2CCOC3(CCCCC3)C2)c1. The predicted molar refractivity (Wildman–Crippen MR) is 114 cm³/mol. The summed E-state index contributed by atoms with van der Waals surface area (Å²) < 4.78 is 11.6. The summed E-state index contributed by atoms with van der Waals surface area (Å²) in [5, 5.41) is 7.28. The number of nitrogens with zero attached hydrogens (tertiary/aromatic N) is 1. The van der Waals surface area contributed by atoms with E-state index in [9.17, 15) is 0 Å². The first-order chi connectivity index (χ1) is 12.3. The molecule has 5 nitrogen and oxygen atoms in total. The molecule has 1 unspecified atom stereocenters. The number of rotatable bonds is 5. The Bertz CT molecular complexity index is 560. The summed E-state index contributed by atoms with van der Waals surface area (Å²) in [7, 11) is 0. The van der Waals surface area contributed by atoms with Crippen molar-refractivity contribution in [2.24, 2.45) is 4.99 Å². The molecule has 1 aromatic heterocycles. The van der Waals surface area contributed by atoms with Crippen molar-refractivity contribution >= 4 is 29.9 Å².